The first-order valence-electron chi connectivity index (χ1n) is 6.90. The number of fused-ring (bicyclic) bond motifs is 1. The van der Waals surface area contributed by atoms with Crippen molar-refractivity contribution >= 4 is 18.1 Å². The lowest BCUT2D eigenvalue weighted by Gasteiger charge is -2.13. The minimum atomic E-state index is 0. The van der Waals surface area contributed by atoms with Gasteiger partial charge in [-0.1, -0.05) is 6.42 Å². The van der Waals surface area contributed by atoms with Crippen LogP contribution in [0.3, 0.4) is 0 Å². The molecule has 0 bridgehead atoms. The van der Waals surface area contributed by atoms with Crippen LogP contribution in [0.1, 0.15) is 49.6 Å². The Morgan fingerprint density at radius 3 is 2.75 bits per heavy atom. The topological polar surface area (TPSA) is 74.5 Å². The summed E-state index contributed by atoms with van der Waals surface area (Å²) in [6, 6.07) is 0.0651. The van der Waals surface area contributed by atoms with Crippen molar-refractivity contribution in [2.75, 3.05) is 5.73 Å². The summed E-state index contributed by atoms with van der Waals surface area (Å²) in [4.78, 5) is 0. The Kier molecular flexibility index (Phi) is 4.32. The molecule has 6 nitrogen and oxygen atoms in total. The third-order valence-corrected chi connectivity index (χ3v) is 3.86. The third kappa shape index (κ3) is 2.52. The highest BCUT2D eigenvalue weighted by Crippen LogP contribution is 2.22. The van der Waals surface area contributed by atoms with Crippen molar-refractivity contribution in [3.8, 4) is 0 Å². The summed E-state index contributed by atoms with van der Waals surface area (Å²) in [6.45, 7) is 5.02. The van der Waals surface area contributed by atoms with E-state index in [1.54, 1.807) is 0 Å². The molecule has 1 unspecified atom stereocenters. The van der Waals surface area contributed by atoms with Crippen LogP contribution in [-0.4, -0.2) is 24.5 Å². The third-order valence-electron chi connectivity index (χ3n) is 3.86. The molecule has 2 aromatic heterocycles. The molecule has 0 saturated carbocycles. The van der Waals surface area contributed by atoms with E-state index in [1.165, 1.54) is 19.3 Å². The molecule has 1 atom stereocenters. The van der Waals surface area contributed by atoms with Gasteiger partial charge in [0.25, 0.3) is 0 Å². The second-order valence-electron chi connectivity index (χ2n) is 5.26. The number of rotatable bonds is 2. The Labute approximate surface area is 124 Å². The fourth-order valence-electron chi connectivity index (χ4n) is 2.63. The number of nitrogen functional groups attached to an aromatic ring is 1. The highest BCUT2D eigenvalue weighted by Gasteiger charge is 2.21. The van der Waals surface area contributed by atoms with E-state index < -0.39 is 0 Å². The van der Waals surface area contributed by atoms with Gasteiger partial charge in [0.05, 0.1) is 11.4 Å². The van der Waals surface area contributed by atoms with Gasteiger partial charge >= 0.3 is 0 Å². The van der Waals surface area contributed by atoms with Crippen LogP contribution in [-0.2, 0) is 13.0 Å². The summed E-state index contributed by atoms with van der Waals surface area (Å²) in [6.07, 6.45) is 6.58. The lowest BCUT2D eigenvalue weighted by atomic mass is 10.2. The normalized spacial score (nSPS) is 16.1. The molecule has 20 heavy (non-hydrogen) atoms. The molecule has 0 fully saturated rings. The molecule has 0 saturated heterocycles. The van der Waals surface area contributed by atoms with Crippen LogP contribution in [0.2, 0.25) is 0 Å². The number of hydrogen-bond acceptors (Lipinski definition) is 4. The molecule has 1 aliphatic heterocycles. The molecule has 0 aliphatic carbocycles. The summed E-state index contributed by atoms with van der Waals surface area (Å²) < 4.78 is 4.14. The second-order valence-corrected chi connectivity index (χ2v) is 5.26. The fourth-order valence-corrected chi connectivity index (χ4v) is 2.63. The maximum absolute atomic E-state index is 5.87. The molecule has 7 heteroatoms. The number of nitrogens with two attached hydrogens (primary N) is 1. The molecular formula is C13H21ClN6. The van der Waals surface area contributed by atoms with Crippen molar-refractivity contribution in [3.63, 3.8) is 0 Å². The van der Waals surface area contributed by atoms with Crippen LogP contribution in [0.25, 0.3) is 0 Å². The van der Waals surface area contributed by atoms with E-state index in [4.69, 9.17) is 5.73 Å². The Balaban J connectivity index is 0.00000147. The minimum absolute atomic E-state index is 0. The molecule has 0 amide bonds. The first kappa shape index (κ1) is 14.8. The summed E-state index contributed by atoms with van der Waals surface area (Å²) in [5.41, 5.74) is 7.46. The van der Waals surface area contributed by atoms with Crippen molar-refractivity contribution < 1.29 is 0 Å². The van der Waals surface area contributed by atoms with Gasteiger partial charge in [0.1, 0.15) is 11.9 Å². The molecular weight excluding hydrogens is 276 g/mol. The van der Waals surface area contributed by atoms with Crippen LogP contribution in [0.5, 0.6) is 0 Å². The smallest absolute Gasteiger partial charge is 0.157 e. The Bertz CT molecular complexity index is 568. The Hall–Kier alpha value is -1.56. The van der Waals surface area contributed by atoms with E-state index in [9.17, 15) is 0 Å². The molecule has 2 N–H and O–H groups in total. The van der Waals surface area contributed by atoms with Gasteiger partial charge in [-0.15, -0.1) is 22.6 Å². The summed E-state index contributed by atoms with van der Waals surface area (Å²) >= 11 is 0. The molecule has 110 valence electrons. The molecule has 2 aromatic rings. The zero-order valence-corrected chi connectivity index (χ0v) is 12.7. The van der Waals surface area contributed by atoms with Gasteiger partial charge in [-0.3, -0.25) is 4.68 Å². The van der Waals surface area contributed by atoms with Gasteiger partial charge in [-0.05, 0) is 26.7 Å². The lowest BCUT2D eigenvalue weighted by molar-refractivity contribution is 0.492. The van der Waals surface area contributed by atoms with Crippen molar-refractivity contribution in [1.29, 1.82) is 0 Å². The first-order chi connectivity index (χ1) is 9.16. The summed E-state index contributed by atoms with van der Waals surface area (Å²) in [5, 5.41) is 13.1. The predicted molar refractivity (Wildman–Crippen MR) is 80.0 cm³/mol. The quantitative estimate of drug-likeness (QED) is 0.921. The number of hydrogen-bond donors (Lipinski definition) is 1. The molecule has 1 aliphatic rings. The molecule has 3 heterocycles. The maximum atomic E-state index is 5.87. The highest BCUT2D eigenvalue weighted by atomic mass is 35.5. The van der Waals surface area contributed by atoms with E-state index in [0.717, 1.165) is 36.0 Å². The van der Waals surface area contributed by atoms with Gasteiger partial charge in [0.2, 0.25) is 0 Å². The van der Waals surface area contributed by atoms with Crippen LogP contribution in [0.15, 0.2) is 6.20 Å². The van der Waals surface area contributed by atoms with E-state index in [0.29, 0.717) is 0 Å². The fraction of sp³-hybridized carbons (Fsp3) is 0.615. The second kappa shape index (κ2) is 5.83. The Morgan fingerprint density at radius 1 is 1.25 bits per heavy atom. The van der Waals surface area contributed by atoms with E-state index in [1.807, 2.05) is 17.8 Å². The van der Waals surface area contributed by atoms with Crippen molar-refractivity contribution in [2.24, 2.45) is 0 Å². The SMILES string of the molecule is Cc1nn(C(C)c2nnc3n2CCCCC3)cc1N.Cl. The lowest BCUT2D eigenvalue weighted by Crippen LogP contribution is -2.15. The van der Waals surface area contributed by atoms with E-state index in [-0.39, 0.29) is 18.4 Å². The number of aromatic nitrogens is 5. The number of nitrogens with zero attached hydrogens (tertiary/aromatic N) is 5. The van der Waals surface area contributed by atoms with Gasteiger partial charge in [-0.25, -0.2) is 0 Å². The maximum Gasteiger partial charge on any atom is 0.157 e. The Morgan fingerprint density at radius 2 is 2.05 bits per heavy atom. The van der Waals surface area contributed by atoms with Crippen molar-refractivity contribution in [1.82, 2.24) is 24.5 Å². The van der Waals surface area contributed by atoms with Crippen LogP contribution in [0.4, 0.5) is 5.69 Å². The monoisotopic (exact) mass is 296 g/mol. The number of aryl methyl sites for hydroxylation is 2. The summed E-state index contributed by atoms with van der Waals surface area (Å²) in [5.74, 6) is 2.09. The highest BCUT2D eigenvalue weighted by molar-refractivity contribution is 5.85. The van der Waals surface area contributed by atoms with Crippen LogP contribution >= 0.6 is 12.4 Å². The van der Waals surface area contributed by atoms with Crippen molar-refractivity contribution in [2.45, 2.75) is 52.1 Å². The molecule has 0 spiro atoms. The average Bonchev–Trinajstić information content (AvgIpc) is 2.85. The zero-order chi connectivity index (χ0) is 13.4. The predicted octanol–water partition coefficient (Wildman–Crippen LogP) is 2.12. The standard InChI is InChI=1S/C13H20N6.ClH/c1-9-11(14)8-19(17-9)10(2)13-16-15-12-6-4-3-5-7-18(12)13;/h8,10H,3-7,14H2,1-2H3;1H. The molecule has 0 aromatic carbocycles. The average molecular weight is 297 g/mol. The van der Waals surface area contributed by atoms with E-state index in [2.05, 4.69) is 26.8 Å². The van der Waals surface area contributed by atoms with Gasteiger partial charge in [0.15, 0.2) is 5.82 Å². The largest absolute Gasteiger partial charge is 0.396 e. The minimum Gasteiger partial charge on any atom is -0.396 e. The molecule has 3 rings (SSSR count). The van der Waals surface area contributed by atoms with Crippen LogP contribution < -0.4 is 5.73 Å². The number of halogens is 1. The first-order valence-corrected chi connectivity index (χ1v) is 6.90. The van der Waals surface area contributed by atoms with Gasteiger partial charge in [-0.2, -0.15) is 5.10 Å². The zero-order valence-electron chi connectivity index (χ0n) is 11.9. The van der Waals surface area contributed by atoms with Crippen LogP contribution in [0, 0.1) is 6.92 Å². The van der Waals surface area contributed by atoms with E-state index >= 15 is 0 Å². The van der Waals surface area contributed by atoms with Gasteiger partial charge < -0.3 is 10.3 Å². The number of anilines is 1. The summed E-state index contributed by atoms with van der Waals surface area (Å²) in [7, 11) is 0. The van der Waals surface area contributed by atoms with Gasteiger partial charge in [0, 0.05) is 19.2 Å². The van der Waals surface area contributed by atoms with Crippen molar-refractivity contribution in [3.05, 3.63) is 23.5 Å². The molecule has 0 radical (unpaired) electrons.